The van der Waals surface area contributed by atoms with Crippen molar-refractivity contribution in [2.75, 3.05) is 0 Å². The molecule has 1 aromatic heterocycles. The van der Waals surface area contributed by atoms with E-state index in [4.69, 9.17) is 0 Å². The topological polar surface area (TPSA) is 59.8 Å². The number of aromatic nitrogens is 3. The number of aryl methyl sites for hydroxylation is 1. The van der Waals surface area contributed by atoms with Gasteiger partial charge in [0.25, 0.3) is 0 Å². The summed E-state index contributed by atoms with van der Waals surface area (Å²) < 4.78 is 1.84. The predicted octanol–water partition coefficient (Wildman–Crippen LogP) is 1.36. The minimum atomic E-state index is 0.168. The Bertz CT molecular complexity index is 403. The zero-order valence-corrected chi connectivity index (χ0v) is 10.6. The molecule has 1 aromatic rings. The molecule has 0 spiro atoms. The first-order valence-electron chi connectivity index (χ1n) is 6.95. The zero-order chi connectivity index (χ0) is 12.4. The van der Waals surface area contributed by atoms with Crippen LogP contribution in [-0.2, 0) is 11.3 Å². The van der Waals surface area contributed by atoms with Crippen LogP contribution in [0.2, 0.25) is 0 Å². The van der Waals surface area contributed by atoms with Crippen molar-refractivity contribution < 1.29 is 4.79 Å². The van der Waals surface area contributed by atoms with Gasteiger partial charge in [0.05, 0.1) is 0 Å². The number of carbonyl (C=O) groups is 1. The van der Waals surface area contributed by atoms with E-state index in [1.165, 1.54) is 32.1 Å². The minimum Gasteiger partial charge on any atom is -0.353 e. The summed E-state index contributed by atoms with van der Waals surface area (Å²) in [5.41, 5.74) is 0. The van der Waals surface area contributed by atoms with Crippen LogP contribution in [0.1, 0.15) is 38.5 Å². The molecule has 5 nitrogen and oxygen atoms in total. The van der Waals surface area contributed by atoms with E-state index in [2.05, 4.69) is 15.5 Å². The molecule has 2 aliphatic carbocycles. The Morgan fingerprint density at radius 2 is 2.06 bits per heavy atom. The van der Waals surface area contributed by atoms with Crippen LogP contribution >= 0.6 is 0 Å². The van der Waals surface area contributed by atoms with Crippen LogP contribution in [0.3, 0.4) is 0 Å². The lowest BCUT2D eigenvalue weighted by Crippen LogP contribution is -2.37. The summed E-state index contributed by atoms with van der Waals surface area (Å²) in [7, 11) is 0. The Balaban J connectivity index is 1.46. The molecule has 2 saturated carbocycles. The number of nitrogens with one attached hydrogen (secondary N) is 1. The first-order chi connectivity index (χ1) is 8.83. The van der Waals surface area contributed by atoms with Gasteiger partial charge in [0.1, 0.15) is 12.7 Å². The molecule has 3 atom stereocenters. The van der Waals surface area contributed by atoms with Crippen LogP contribution < -0.4 is 5.32 Å². The summed E-state index contributed by atoms with van der Waals surface area (Å²) in [6.45, 7) is 0.666. The van der Waals surface area contributed by atoms with E-state index < -0.39 is 0 Å². The fourth-order valence-corrected chi connectivity index (χ4v) is 3.59. The fraction of sp³-hybridized carbons (Fsp3) is 0.769. The highest BCUT2D eigenvalue weighted by atomic mass is 16.1. The lowest BCUT2D eigenvalue weighted by atomic mass is 9.97. The molecule has 0 bridgehead atoms. The molecular weight excluding hydrogens is 228 g/mol. The second kappa shape index (κ2) is 5.08. The zero-order valence-electron chi connectivity index (χ0n) is 10.6. The van der Waals surface area contributed by atoms with E-state index in [0.29, 0.717) is 19.0 Å². The van der Waals surface area contributed by atoms with Gasteiger partial charge in [-0.1, -0.05) is 12.8 Å². The maximum Gasteiger partial charge on any atom is 0.222 e. The Morgan fingerprint density at radius 3 is 2.89 bits per heavy atom. The number of nitrogens with zero attached hydrogens (tertiary/aromatic N) is 3. The average Bonchev–Trinajstić information content (AvgIpc) is 3.05. The van der Waals surface area contributed by atoms with E-state index in [1.54, 1.807) is 12.7 Å². The highest BCUT2D eigenvalue weighted by molar-refractivity contribution is 5.76. The third-order valence-electron chi connectivity index (χ3n) is 4.49. The molecule has 1 heterocycles. The number of amides is 1. The standard InChI is InChI=1S/C13H20N4O/c18-13(6-7-17-8-14-15-9-17)16-12-5-4-10-2-1-3-11(10)12/h8-12H,1-7H2,(H,16,18)/t10-,11-,12-/m1/s1. The van der Waals surface area contributed by atoms with Gasteiger partial charge < -0.3 is 9.88 Å². The van der Waals surface area contributed by atoms with E-state index in [9.17, 15) is 4.79 Å². The molecule has 0 unspecified atom stereocenters. The quantitative estimate of drug-likeness (QED) is 0.875. The third-order valence-corrected chi connectivity index (χ3v) is 4.49. The monoisotopic (exact) mass is 248 g/mol. The lowest BCUT2D eigenvalue weighted by Gasteiger charge is -2.20. The minimum absolute atomic E-state index is 0.168. The Labute approximate surface area is 107 Å². The third kappa shape index (κ3) is 2.40. The molecule has 2 aliphatic rings. The second-order valence-electron chi connectivity index (χ2n) is 5.56. The Kier molecular flexibility index (Phi) is 3.30. The number of hydrogen-bond acceptors (Lipinski definition) is 3. The second-order valence-corrected chi connectivity index (χ2v) is 5.56. The van der Waals surface area contributed by atoms with Gasteiger partial charge in [-0.3, -0.25) is 4.79 Å². The molecule has 0 saturated heterocycles. The van der Waals surface area contributed by atoms with Gasteiger partial charge >= 0.3 is 0 Å². The lowest BCUT2D eigenvalue weighted by molar-refractivity contribution is -0.122. The van der Waals surface area contributed by atoms with Gasteiger partial charge in [0, 0.05) is 19.0 Å². The van der Waals surface area contributed by atoms with Crippen molar-refractivity contribution in [2.45, 2.75) is 51.1 Å². The van der Waals surface area contributed by atoms with Crippen LogP contribution in [0.4, 0.5) is 0 Å². The van der Waals surface area contributed by atoms with E-state index in [-0.39, 0.29) is 5.91 Å². The fourth-order valence-electron chi connectivity index (χ4n) is 3.59. The summed E-state index contributed by atoms with van der Waals surface area (Å²) in [6.07, 6.45) is 10.3. The molecule has 3 rings (SSSR count). The molecule has 1 N–H and O–H groups in total. The average molecular weight is 248 g/mol. The molecule has 5 heteroatoms. The summed E-state index contributed by atoms with van der Waals surface area (Å²) in [6, 6.07) is 0.436. The molecule has 2 fully saturated rings. The SMILES string of the molecule is O=C(CCn1cnnc1)N[C@@H]1CC[C@H]2CCC[C@H]21. The van der Waals surface area contributed by atoms with Crippen molar-refractivity contribution in [3.63, 3.8) is 0 Å². The normalized spacial score (nSPS) is 30.3. The maximum atomic E-state index is 11.9. The number of fused-ring (bicyclic) bond motifs is 1. The van der Waals surface area contributed by atoms with Gasteiger partial charge in [0.15, 0.2) is 0 Å². The molecule has 0 aromatic carbocycles. The first-order valence-corrected chi connectivity index (χ1v) is 6.95. The van der Waals surface area contributed by atoms with Crippen molar-refractivity contribution >= 4 is 5.91 Å². The van der Waals surface area contributed by atoms with Crippen LogP contribution in [0.5, 0.6) is 0 Å². The van der Waals surface area contributed by atoms with Gasteiger partial charge in [-0.15, -0.1) is 10.2 Å². The number of hydrogen-bond donors (Lipinski definition) is 1. The summed E-state index contributed by atoms with van der Waals surface area (Å²) >= 11 is 0. The number of rotatable bonds is 4. The van der Waals surface area contributed by atoms with E-state index in [1.807, 2.05) is 4.57 Å². The van der Waals surface area contributed by atoms with Crippen molar-refractivity contribution in [2.24, 2.45) is 11.8 Å². The predicted molar refractivity (Wildman–Crippen MR) is 66.6 cm³/mol. The first kappa shape index (κ1) is 11.7. The van der Waals surface area contributed by atoms with Crippen molar-refractivity contribution in [3.05, 3.63) is 12.7 Å². The molecule has 98 valence electrons. The van der Waals surface area contributed by atoms with Crippen molar-refractivity contribution in [1.29, 1.82) is 0 Å². The van der Waals surface area contributed by atoms with E-state index >= 15 is 0 Å². The smallest absolute Gasteiger partial charge is 0.222 e. The van der Waals surface area contributed by atoms with Crippen LogP contribution in [-0.4, -0.2) is 26.7 Å². The van der Waals surface area contributed by atoms with Gasteiger partial charge in [-0.25, -0.2) is 0 Å². The van der Waals surface area contributed by atoms with Crippen molar-refractivity contribution in [1.82, 2.24) is 20.1 Å². The van der Waals surface area contributed by atoms with Crippen LogP contribution in [0, 0.1) is 11.8 Å². The summed E-state index contributed by atoms with van der Waals surface area (Å²) in [4.78, 5) is 11.9. The van der Waals surface area contributed by atoms with E-state index in [0.717, 1.165) is 11.8 Å². The summed E-state index contributed by atoms with van der Waals surface area (Å²) in [5.74, 6) is 1.80. The Morgan fingerprint density at radius 1 is 1.22 bits per heavy atom. The summed E-state index contributed by atoms with van der Waals surface area (Å²) in [5, 5.41) is 10.7. The maximum absolute atomic E-state index is 11.9. The molecule has 0 radical (unpaired) electrons. The van der Waals surface area contributed by atoms with Gasteiger partial charge in [0.2, 0.25) is 5.91 Å². The van der Waals surface area contributed by atoms with Crippen molar-refractivity contribution in [3.8, 4) is 0 Å². The van der Waals surface area contributed by atoms with Crippen LogP contribution in [0.15, 0.2) is 12.7 Å². The van der Waals surface area contributed by atoms with Crippen LogP contribution in [0.25, 0.3) is 0 Å². The molecule has 1 amide bonds. The Hall–Kier alpha value is -1.39. The highest BCUT2D eigenvalue weighted by Crippen LogP contribution is 2.43. The number of carbonyl (C=O) groups excluding carboxylic acids is 1. The largest absolute Gasteiger partial charge is 0.353 e. The molecule has 18 heavy (non-hydrogen) atoms. The molecular formula is C13H20N4O. The molecule has 0 aliphatic heterocycles. The highest BCUT2D eigenvalue weighted by Gasteiger charge is 2.39. The van der Waals surface area contributed by atoms with Gasteiger partial charge in [-0.2, -0.15) is 0 Å². The van der Waals surface area contributed by atoms with Gasteiger partial charge in [-0.05, 0) is 31.1 Å².